The first-order valence-corrected chi connectivity index (χ1v) is 10.8. The molecular weight excluding hydrogens is 392 g/mol. The minimum absolute atomic E-state index is 0.0406. The predicted octanol–water partition coefficient (Wildman–Crippen LogP) is 3.29. The topological polar surface area (TPSA) is 102 Å². The van der Waals surface area contributed by atoms with E-state index < -0.39 is 28.0 Å². The van der Waals surface area contributed by atoms with E-state index in [1.807, 2.05) is 12.1 Å². The molecule has 0 aliphatic carbocycles. The van der Waals surface area contributed by atoms with Crippen LogP contribution in [0.4, 0.5) is 5.69 Å². The van der Waals surface area contributed by atoms with Crippen LogP contribution in [0, 0.1) is 0 Å². The zero-order valence-electron chi connectivity index (χ0n) is 16.9. The Hall–Kier alpha value is -2.71. The van der Waals surface area contributed by atoms with Crippen molar-refractivity contribution in [3.63, 3.8) is 0 Å². The molecule has 0 aliphatic rings. The van der Waals surface area contributed by atoms with Gasteiger partial charge in [0, 0.05) is 5.69 Å². The minimum Gasteiger partial charge on any atom is -0.449 e. The predicted molar refractivity (Wildman–Crippen MR) is 111 cm³/mol. The van der Waals surface area contributed by atoms with Gasteiger partial charge in [-0.1, -0.05) is 32.0 Å². The molecule has 29 heavy (non-hydrogen) atoms. The standard InChI is InChI=1S/C21H26N2O5S/c1-5-14(2)16-9-11-18(12-10-16)23-20(24)15(3)28-21(25)17-7-6-8-19(13-17)29(26,27)22-4/h6-15,22H,5H2,1-4H3,(H,23,24)/t14-,15+/m0/s1. The van der Waals surface area contributed by atoms with Gasteiger partial charge in [0.05, 0.1) is 10.5 Å². The Morgan fingerprint density at radius 1 is 1.07 bits per heavy atom. The molecule has 0 aliphatic heterocycles. The van der Waals surface area contributed by atoms with Gasteiger partial charge in [0.2, 0.25) is 10.0 Å². The van der Waals surface area contributed by atoms with Crippen molar-refractivity contribution in [2.75, 3.05) is 12.4 Å². The molecule has 7 nitrogen and oxygen atoms in total. The third kappa shape index (κ3) is 5.88. The van der Waals surface area contributed by atoms with E-state index in [0.717, 1.165) is 6.42 Å². The van der Waals surface area contributed by atoms with Gasteiger partial charge < -0.3 is 10.1 Å². The van der Waals surface area contributed by atoms with Crippen LogP contribution in [0.5, 0.6) is 0 Å². The number of rotatable bonds is 8. The number of esters is 1. The largest absolute Gasteiger partial charge is 0.449 e. The number of anilines is 1. The highest BCUT2D eigenvalue weighted by molar-refractivity contribution is 7.89. The van der Waals surface area contributed by atoms with Crippen LogP contribution in [-0.2, 0) is 19.6 Å². The fourth-order valence-electron chi connectivity index (χ4n) is 2.56. The van der Waals surface area contributed by atoms with Crippen molar-refractivity contribution in [2.24, 2.45) is 0 Å². The lowest BCUT2D eigenvalue weighted by molar-refractivity contribution is -0.123. The van der Waals surface area contributed by atoms with Crippen LogP contribution >= 0.6 is 0 Å². The van der Waals surface area contributed by atoms with Crippen LogP contribution in [-0.4, -0.2) is 33.4 Å². The zero-order chi connectivity index (χ0) is 21.6. The third-order valence-corrected chi connectivity index (χ3v) is 6.07. The molecule has 156 valence electrons. The third-order valence-electron chi connectivity index (χ3n) is 4.66. The number of carbonyl (C=O) groups excluding carboxylic acids is 2. The van der Waals surface area contributed by atoms with Crippen LogP contribution in [0.15, 0.2) is 53.4 Å². The molecule has 1 amide bonds. The second-order valence-electron chi connectivity index (χ2n) is 6.70. The van der Waals surface area contributed by atoms with Gasteiger partial charge in [-0.15, -0.1) is 0 Å². The molecule has 2 aromatic rings. The number of ether oxygens (including phenoxy) is 1. The smallest absolute Gasteiger partial charge is 0.338 e. The van der Waals surface area contributed by atoms with Gasteiger partial charge >= 0.3 is 5.97 Å². The Kier molecular flexibility index (Phi) is 7.53. The van der Waals surface area contributed by atoms with Crippen molar-refractivity contribution in [2.45, 2.75) is 44.1 Å². The number of hydrogen-bond donors (Lipinski definition) is 2. The molecule has 8 heteroatoms. The monoisotopic (exact) mass is 418 g/mol. The number of sulfonamides is 1. The first kappa shape index (κ1) is 22.6. The summed E-state index contributed by atoms with van der Waals surface area (Å²) in [6, 6.07) is 12.9. The van der Waals surface area contributed by atoms with Crippen molar-refractivity contribution in [3.8, 4) is 0 Å². The molecule has 0 radical (unpaired) electrons. The van der Waals surface area contributed by atoms with Crippen molar-refractivity contribution in [1.82, 2.24) is 4.72 Å². The first-order valence-electron chi connectivity index (χ1n) is 9.33. The number of carbonyl (C=O) groups is 2. The van der Waals surface area contributed by atoms with Gasteiger partial charge in [-0.25, -0.2) is 17.9 Å². The second kappa shape index (κ2) is 9.67. The number of benzene rings is 2. The summed E-state index contributed by atoms with van der Waals surface area (Å²) in [5.41, 5.74) is 1.83. The summed E-state index contributed by atoms with van der Waals surface area (Å²) in [6.45, 7) is 5.70. The number of hydrogen-bond acceptors (Lipinski definition) is 5. The van der Waals surface area contributed by atoms with Gasteiger partial charge in [0.25, 0.3) is 5.91 Å². The molecule has 0 heterocycles. The Labute approximate surface area is 171 Å². The van der Waals surface area contributed by atoms with E-state index in [9.17, 15) is 18.0 Å². The molecule has 0 spiro atoms. The Bertz CT molecular complexity index is 971. The highest BCUT2D eigenvalue weighted by atomic mass is 32.2. The quantitative estimate of drug-likeness (QED) is 0.641. The Morgan fingerprint density at radius 2 is 1.72 bits per heavy atom. The summed E-state index contributed by atoms with van der Waals surface area (Å²) in [6.07, 6.45) is -0.0310. The number of amides is 1. The Morgan fingerprint density at radius 3 is 2.31 bits per heavy atom. The maximum Gasteiger partial charge on any atom is 0.338 e. The molecule has 0 fully saturated rings. The van der Waals surface area contributed by atoms with E-state index in [2.05, 4.69) is 23.9 Å². The van der Waals surface area contributed by atoms with Gasteiger partial charge in [-0.05, 0) is 62.2 Å². The van der Waals surface area contributed by atoms with E-state index >= 15 is 0 Å². The SMILES string of the molecule is CC[C@H](C)c1ccc(NC(=O)[C@@H](C)OC(=O)c2cccc(S(=O)(=O)NC)c2)cc1. The fourth-order valence-corrected chi connectivity index (χ4v) is 3.34. The van der Waals surface area contributed by atoms with Crippen molar-refractivity contribution >= 4 is 27.6 Å². The highest BCUT2D eigenvalue weighted by Gasteiger charge is 2.21. The maximum absolute atomic E-state index is 12.3. The van der Waals surface area contributed by atoms with E-state index in [4.69, 9.17) is 4.74 Å². The summed E-state index contributed by atoms with van der Waals surface area (Å²) in [5.74, 6) is -0.830. The van der Waals surface area contributed by atoms with E-state index in [0.29, 0.717) is 11.6 Å². The van der Waals surface area contributed by atoms with Crippen molar-refractivity contribution < 1.29 is 22.7 Å². The Balaban J connectivity index is 2.02. The van der Waals surface area contributed by atoms with Crippen LogP contribution < -0.4 is 10.0 Å². The molecule has 2 aromatic carbocycles. The molecule has 0 saturated heterocycles. The number of nitrogens with one attached hydrogen (secondary N) is 2. The summed E-state index contributed by atoms with van der Waals surface area (Å²) >= 11 is 0. The lowest BCUT2D eigenvalue weighted by Gasteiger charge is -2.15. The maximum atomic E-state index is 12.3. The molecule has 0 bridgehead atoms. The van der Waals surface area contributed by atoms with Crippen molar-refractivity contribution in [3.05, 3.63) is 59.7 Å². The summed E-state index contributed by atoms with van der Waals surface area (Å²) < 4.78 is 31.1. The van der Waals surface area contributed by atoms with Gasteiger partial charge in [0.15, 0.2) is 6.10 Å². The lowest BCUT2D eigenvalue weighted by Crippen LogP contribution is -2.30. The van der Waals surface area contributed by atoms with Crippen LogP contribution in [0.3, 0.4) is 0 Å². The van der Waals surface area contributed by atoms with Crippen molar-refractivity contribution in [1.29, 1.82) is 0 Å². The van der Waals surface area contributed by atoms with Gasteiger partial charge in [-0.3, -0.25) is 4.79 Å². The second-order valence-corrected chi connectivity index (χ2v) is 8.59. The molecule has 0 saturated carbocycles. The van der Waals surface area contributed by atoms with E-state index in [-0.39, 0.29) is 10.5 Å². The summed E-state index contributed by atoms with van der Waals surface area (Å²) in [4.78, 5) is 24.6. The average Bonchev–Trinajstić information content (AvgIpc) is 2.73. The van der Waals surface area contributed by atoms with Crippen LogP contribution in [0.2, 0.25) is 0 Å². The molecule has 0 unspecified atom stereocenters. The van der Waals surface area contributed by atoms with Gasteiger partial charge in [0.1, 0.15) is 0 Å². The van der Waals surface area contributed by atoms with Crippen LogP contribution in [0.25, 0.3) is 0 Å². The molecular formula is C21H26N2O5S. The normalized spacial score (nSPS) is 13.4. The first-order chi connectivity index (χ1) is 13.7. The van der Waals surface area contributed by atoms with Gasteiger partial charge in [-0.2, -0.15) is 0 Å². The zero-order valence-corrected chi connectivity index (χ0v) is 17.7. The minimum atomic E-state index is -3.69. The fraction of sp³-hybridized carbons (Fsp3) is 0.333. The van der Waals surface area contributed by atoms with E-state index in [1.165, 1.54) is 43.8 Å². The lowest BCUT2D eigenvalue weighted by atomic mass is 9.99. The van der Waals surface area contributed by atoms with E-state index in [1.54, 1.807) is 12.1 Å². The molecule has 0 aromatic heterocycles. The highest BCUT2D eigenvalue weighted by Crippen LogP contribution is 2.20. The summed E-state index contributed by atoms with van der Waals surface area (Å²) in [7, 11) is -2.41. The van der Waals surface area contributed by atoms with Crippen LogP contribution in [0.1, 0.15) is 49.0 Å². The molecule has 2 N–H and O–H groups in total. The average molecular weight is 419 g/mol. The molecule has 2 rings (SSSR count). The summed E-state index contributed by atoms with van der Waals surface area (Å²) in [5, 5.41) is 2.71. The molecule has 2 atom stereocenters.